The first kappa shape index (κ1) is 33.8. The summed E-state index contributed by atoms with van der Waals surface area (Å²) in [7, 11) is -3.40. The number of para-hydroxylation sites is 3. The maximum Gasteiger partial charge on any atom is 0.171 e. The molecule has 57 heavy (non-hydrogen) atoms. The highest BCUT2D eigenvalue weighted by atomic mass is 31.2. The van der Waals surface area contributed by atoms with Crippen molar-refractivity contribution in [3.05, 3.63) is 245 Å². The average Bonchev–Trinajstić information content (AvgIpc) is 3.63. The summed E-state index contributed by atoms with van der Waals surface area (Å²) in [4.78, 5) is 0. The molecule has 1 spiro atoms. The highest BCUT2D eigenvalue weighted by Gasteiger charge is 2.54. The summed E-state index contributed by atoms with van der Waals surface area (Å²) in [6.07, 6.45) is 2.22. The Balaban J connectivity index is 1.31. The molecule has 3 atom stereocenters. The minimum atomic E-state index is -3.40. The molecule has 3 unspecified atom stereocenters. The fourth-order valence-corrected chi connectivity index (χ4v) is 13.0. The molecule has 3 heterocycles. The lowest BCUT2D eigenvalue weighted by atomic mass is 9.62. The van der Waals surface area contributed by atoms with Gasteiger partial charge in [0.25, 0.3) is 0 Å². The van der Waals surface area contributed by atoms with Crippen molar-refractivity contribution in [3.8, 4) is 5.69 Å². The predicted octanol–water partition coefficient (Wildman–Crippen LogP) is 10.1. The van der Waals surface area contributed by atoms with Crippen LogP contribution in [0.4, 0.5) is 0 Å². The van der Waals surface area contributed by atoms with Gasteiger partial charge in [0.1, 0.15) is 0 Å². The molecular formula is C52H38N3OP. The van der Waals surface area contributed by atoms with E-state index < -0.39 is 12.6 Å². The van der Waals surface area contributed by atoms with Crippen LogP contribution in [0.5, 0.6) is 0 Å². The number of aromatic nitrogens is 1. The summed E-state index contributed by atoms with van der Waals surface area (Å²) in [6.45, 7) is 0. The topological polar surface area (TPSA) is 60.0 Å². The number of nitrogens with one attached hydrogen (secondary N) is 1. The van der Waals surface area contributed by atoms with Crippen LogP contribution >= 0.6 is 7.14 Å². The lowest BCUT2D eigenvalue weighted by Crippen LogP contribution is -2.48. The molecule has 0 radical (unpaired) electrons. The van der Waals surface area contributed by atoms with E-state index in [2.05, 4.69) is 156 Å². The lowest BCUT2D eigenvalue weighted by Gasteiger charge is -2.47. The largest absolute Gasteiger partial charge is 0.309 e. The van der Waals surface area contributed by atoms with E-state index in [-0.39, 0.29) is 6.04 Å². The van der Waals surface area contributed by atoms with Crippen LogP contribution in [-0.2, 0) is 9.98 Å². The van der Waals surface area contributed by atoms with E-state index in [0.717, 1.165) is 60.6 Å². The molecule has 0 saturated heterocycles. The molecule has 2 aliphatic heterocycles. The van der Waals surface area contributed by atoms with Crippen LogP contribution in [0.1, 0.15) is 45.0 Å². The van der Waals surface area contributed by atoms with Gasteiger partial charge in [0.05, 0.1) is 28.2 Å². The average molecular weight is 752 g/mol. The first-order valence-electron chi connectivity index (χ1n) is 19.5. The first-order valence-corrected chi connectivity index (χ1v) is 21.2. The van der Waals surface area contributed by atoms with E-state index in [0.29, 0.717) is 0 Å². The number of benzene rings is 8. The van der Waals surface area contributed by atoms with Crippen molar-refractivity contribution < 1.29 is 4.57 Å². The summed E-state index contributed by atoms with van der Waals surface area (Å²) >= 11 is 0. The Bertz CT molecular complexity index is 3100. The zero-order valence-electron chi connectivity index (χ0n) is 31.1. The lowest BCUT2D eigenvalue weighted by molar-refractivity contribution is 0.590. The van der Waals surface area contributed by atoms with Gasteiger partial charge in [-0.1, -0.05) is 182 Å². The second kappa shape index (κ2) is 13.0. The molecule has 11 rings (SSSR count). The zero-order valence-corrected chi connectivity index (χ0v) is 32.0. The minimum Gasteiger partial charge on any atom is -0.309 e. The van der Waals surface area contributed by atoms with E-state index in [4.69, 9.17) is 5.84 Å². The molecule has 8 aromatic carbocycles. The second-order valence-corrected chi connectivity index (χ2v) is 17.7. The predicted molar refractivity (Wildman–Crippen MR) is 236 cm³/mol. The second-order valence-electron chi connectivity index (χ2n) is 15.0. The van der Waals surface area contributed by atoms with Crippen LogP contribution in [0.2, 0.25) is 0 Å². The van der Waals surface area contributed by atoms with Gasteiger partial charge in [-0.3, -0.25) is 5.84 Å². The molecule has 0 fully saturated rings. The van der Waals surface area contributed by atoms with Gasteiger partial charge >= 0.3 is 0 Å². The normalized spacial score (nSPS) is 18.6. The third kappa shape index (κ3) is 4.73. The number of rotatable bonds is 6. The van der Waals surface area contributed by atoms with E-state index >= 15 is 4.57 Å². The number of hydrogen-bond donors (Lipinski definition) is 2. The molecule has 9 aromatic rings. The van der Waals surface area contributed by atoms with E-state index in [1.807, 2.05) is 60.7 Å². The minimum absolute atomic E-state index is 0.262. The quantitative estimate of drug-likeness (QED) is 0.101. The van der Waals surface area contributed by atoms with Gasteiger partial charge in [0, 0.05) is 26.7 Å². The van der Waals surface area contributed by atoms with Crippen molar-refractivity contribution in [2.75, 3.05) is 0 Å². The van der Waals surface area contributed by atoms with Crippen LogP contribution in [0.25, 0.3) is 33.1 Å². The van der Waals surface area contributed by atoms with Gasteiger partial charge in [-0.05, 0) is 68.8 Å². The van der Waals surface area contributed by atoms with E-state index in [1.165, 1.54) is 27.4 Å². The zero-order chi connectivity index (χ0) is 38.1. The van der Waals surface area contributed by atoms with Crippen molar-refractivity contribution in [1.82, 2.24) is 9.99 Å². The Labute approximate surface area is 331 Å². The van der Waals surface area contributed by atoms with Crippen LogP contribution in [0.15, 0.2) is 206 Å². The van der Waals surface area contributed by atoms with Crippen LogP contribution in [0, 0.1) is 0 Å². The number of nitrogens with two attached hydrogens (primary N) is 1. The van der Waals surface area contributed by atoms with E-state index in [1.54, 1.807) is 0 Å². The van der Waals surface area contributed by atoms with E-state index in [9.17, 15) is 0 Å². The molecular weight excluding hydrogens is 714 g/mol. The Morgan fingerprint density at radius 1 is 0.561 bits per heavy atom. The van der Waals surface area contributed by atoms with Crippen molar-refractivity contribution in [2.24, 2.45) is 5.84 Å². The van der Waals surface area contributed by atoms with Gasteiger partial charge in [0.15, 0.2) is 7.14 Å². The smallest absolute Gasteiger partial charge is 0.171 e. The Hall–Kier alpha value is -6.55. The molecule has 0 aliphatic carbocycles. The highest BCUT2D eigenvalue weighted by molar-refractivity contribution is 7.85. The maximum absolute atomic E-state index is 16.6. The van der Waals surface area contributed by atoms with Crippen LogP contribution in [-0.4, -0.2) is 4.57 Å². The van der Waals surface area contributed by atoms with Gasteiger partial charge < -0.3 is 9.13 Å². The first-order chi connectivity index (χ1) is 28.1. The summed E-state index contributed by atoms with van der Waals surface area (Å²) in [5.41, 5.74) is 14.3. The van der Waals surface area contributed by atoms with Crippen molar-refractivity contribution >= 4 is 50.4 Å². The third-order valence-electron chi connectivity index (χ3n) is 12.2. The highest BCUT2D eigenvalue weighted by Crippen LogP contribution is 2.61. The monoisotopic (exact) mass is 751 g/mol. The number of hydrazine groups is 1. The Morgan fingerprint density at radius 2 is 1.18 bits per heavy atom. The Morgan fingerprint density at radius 3 is 1.96 bits per heavy atom. The number of fused-ring (bicyclic) bond motifs is 11. The summed E-state index contributed by atoms with van der Waals surface area (Å²) in [5.74, 6) is 6.32. The number of hydrogen-bond acceptors (Lipinski definition) is 3. The molecule has 272 valence electrons. The summed E-state index contributed by atoms with van der Waals surface area (Å²) in [5, 5.41) is 4.98. The van der Waals surface area contributed by atoms with Gasteiger partial charge in [-0.2, -0.15) is 0 Å². The standard InChI is InChI=1S/C52H38N3OP/c53-54-46(36-19-6-2-7-20-36)34-41(35-17-4-1-5-18-35)37-31-32-50-45(33-37)52(43-26-12-15-30-49(43)57(50,56)38-21-8-3-9-22-38)42-25-11-14-29-48(42)55-47-28-13-10-23-39(47)40-24-16-27-44(52)51(40)55/h1-34,46,54H,53H2/b41-34+. The van der Waals surface area contributed by atoms with Crippen LogP contribution < -0.4 is 27.2 Å². The van der Waals surface area contributed by atoms with Gasteiger partial charge in [-0.25, -0.2) is 5.43 Å². The van der Waals surface area contributed by atoms with Crippen molar-refractivity contribution in [2.45, 2.75) is 11.5 Å². The summed E-state index contributed by atoms with van der Waals surface area (Å²) < 4.78 is 19.0. The maximum atomic E-state index is 16.6. The third-order valence-corrected chi connectivity index (χ3v) is 15.4. The van der Waals surface area contributed by atoms with Gasteiger partial charge in [-0.15, -0.1) is 0 Å². The SMILES string of the molecule is NNC(/C=C(\c1ccccc1)c1ccc2c(c1)C1(c3ccccc3-n3c4ccccc4c4cccc1c43)c1ccccc1P2(=O)c1ccccc1)c1ccccc1. The molecule has 0 saturated carbocycles. The fraction of sp³-hybridized carbons (Fsp3) is 0.0385. The molecule has 5 heteroatoms. The molecule has 0 bridgehead atoms. The van der Waals surface area contributed by atoms with Crippen molar-refractivity contribution in [1.29, 1.82) is 0 Å². The molecule has 3 N–H and O–H groups in total. The summed E-state index contributed by atoms with van der Waals surface area (Å²) in [6, 6.07) is 70.1. The molecule has 4 nitrogen and oxygen atoms in total. The molecule has 1 aromatic heterocycles. The molecule has 2 aliphatic rings. The molecule has 0 amide bonds. The van der Waals surface area contributed by atoms with Gasteiger partial charge in [0.2, 0.25) is 0 Å². The van der Waals surface area contributed by atoms with Crippen molar-refractivity contribution in [3.63, 3.8) is 0 Å². The Kier molecular flexibility index (Phi) is 7.71. The van der Waals surface area contributed by atoms with Crippen LogP contribution in [0.3, 0.4) is 0 Å². The fourth-order valence-electron chi connectivity index (χ4n) is 9.86. The number of nitrogens with zero attached hydrogens (tertiary/aromatic N) is 1.